The van der Waals surface area contributed by atoms with Crippen molar-refractivity contribution in [2.45, 2.75) is 38.3 Å². The van der Waals surface area contributed by atoms with Gasteiger partial charge in [0.15, 0.2) is 0 Å². The van der Waals surface area contributed by atoms with Crippen LogP contribution in [0.3, 0.4) is 0 Å². The first-order valence-electron chi connectivity index (χ1n) is 6.81. The number of anilines is 3. The fraction of sp³-hybridized carbons (Fsp3) is 0.615. The summed E-state index contributed by atoms with van der Waals surface area (Å²) < 4.78 is 0. The van der Waals surface area contributed by atoms with Crippen molar-refractivity contribution in [2.24, 2.45) is 5.92 Å². The molecule has 0 spiro atoms. The molecule has 2 aliphatic rings. The maximum atomic E-state index is 10.3. The number of aromatic nitrogens is 2. The normalized spacial score (nSPS) is 32.8. The molecule has 7 heteroatoms. The minimum absolute atomic E-state index is 0.0353. The van der Waals surface area contributed by atoms with Crippen LogP contribution in [-0.4, -0.2) is 39.0 Å². The van der Waals surface area contributed by atoms with Gasteiger partial charge in [-0.1, -0.05) is 6.92 Å². The van der Waals surface area contributed by atoms with E-state index in [9.17, 15) is 5.11 Å². The first-order valence-corrected chi connectivity index (χ1v) is 6.81. The zero-order valence-electron chi connectivity index (χ0n) is 11.7. The molecule has 2 aliphatic heterocycles. The van der Waals surface area contributed by atoms with E-state index in [2.05, 4.69) is 9.97 Å². The molecule has 1 aromatic rings. The Kier molecular flexibility index (Phi) is 2.66. The summed E-state index contributed by atoms with van der Waals surface area (Å²) in [4.78, 5) is 10.3. The largest absolute Gasteiger partial charge is 0.388 e. The number of hydrogen-bond acceptors (Lipinski definition) is 7. The number of fused-ring (bicyclic) bond motifs is 3. The predicted molar refractivity (Wildman–Crippen MR) is 77.8 cm³/mol. The SMILES string of the molecule is CC1C(=N)c2c(N)nc(N)nc2N2CC(C)(O)CCC12. The minimum Gasteiger partial charge on any atom is -0.388 e. The lowest BCUT2D eigenvalue weighted by atomic mass is 9.78. The Labute approximate surface area is 117 Å². The lowest BCUT2D eigenvalue weighted by molar-refractivity contribution is 0.0332. The van der Waals surface area contributed by atoms with Crippen LogP contribution in [0.5, 0.6) is 0 Å². The molecule has 3 unspecified atom stereocenters. The first kappa shape index (κ1) is 13.1. The van der Waals surface area contributed by atoms with Crippen molar-refractivity contribution in [3.63, 3.8) is 0 Å². The Morgan fingerprint density at radius 3 is 2.80 bits per heavy atom. The van der Waals surface area contributed by atoms with Gasteiger partial charge in [-0.3, -0.25) is 0 Å². The number of piperidine rings is 1. The third-order valence-electron chi connectivity index (χ3n) is 4.40. The summed E-state index contributed by atoms with van der Waals surface area (Å²) in [5, 5.41) is 18.6. The van der Waals surface area contributed by atoms with Crippen molar-refractivity contribution < 1.29 is 5.11 Å². The van der Waals surface area contributed by atoms with E-state index in [1.54, 1.807) is 0 Å². The summed E-state index contributed by atoms with van der Waals surface area (Å²) in [6, 6.07) is 0.156. The number of rotatable bonds is 0. The molecule has 0 amide bonds. The Balaban J connectivity index is 2.16. The third-order valence-corrected chi connectivity index (χ3v) is 4.40. The average molecular weight is 276 g/mol. The van der Waals surface area contributed by atoms with Gasteiger partial charge in [0, 0.05) is 18.5 Å². The van der Waals surface area contributed by atoms with Crippen LogP contribution in [0.1, 0.15) is 32.3 Å². The molecular weight excluding hydrogens is 256 g/mol. The van der Waals surface area contributed by atoms with Gasteiger partial charge in [-0.2, -0.15) is 9.97 Å². The molecule has 0 radical (unpaired) electrons. The molecule has 6 N–H and O–H groups in total. The van der Waals surface area contributed by atoms with E-state index in [4.69, 9.17) is 16.9 Å². The molecule has 0 bridgehead atoms. The van der Waals surface area contributed by atoms with Crippen LogP contribution in [0.2, 0.25) is 0 Å². The van der Waals surface area contributed by atoms with Gasteiger partial charge >= 0.3 is 0 Å². The predicted octanol–water partition coefficient (Wildman–Crippen LogP) is 0.378. The summed E-state index contributed by atoms with van der Waals surface area (Å²) in [5.74, 6) is 0.969. The lowest BCUT2D eigenvalue weighted by Gasteiger charge is -2.49. The summed E-state index contributed by atoms with van der Waals surface area (Å²) in [6.45, 7) is 4.30. The molecule has 0 aromatic carbocycles. The number of nitrogen functional groups attached to an aromatic ring is 2. The quantitative estimate of drug-likeness (QED) is 0.543. The smallest absolute Gasteiger partial charge is 0.223 e. The van der Waals surface area contributed by atoms with Gasteiger partial charge < -0.3 is 26.9 Å². The second-order valence-electron chi connectivity index (χ2n) is 6.10. The van der Waals surface area contributed by atoms with Crippen LogP contribution < -0.4 is 16.4 Å². The number of nitrogens with one attached hydrogen (secondary N) is 1. The van der Waals surface area contributed by atoms with Crippen molar-refractivity contribution in [1.29, 1.82) is 5.41 Å². The second-order valence-corrected chi connectivity index (χ2v) is 6.10. The highest BCUT2D eigenvalue weighted by Gasteiger charge is 2.44. The Bertz CT molecular complexity index is 584. The molecule has 0 saturated carbocycles. The highest BCUT2D eigenvalue weighted by molar-refractivity contribution is 6.09. The van der Waals surface area contributed by atoms with Crippen molar-refractivity contribution in [1.82, 2.24) is 9.97 Å². The first-order chi connectivity index (χ1) is 9.30. The van der Waals surface area contributed by atoms with Crippen LogP contribution in [0.15, 0.2) is 0 Å². The van der Waals surface area contributed by atoms with E-state index in [1.165, 1.54) is 0 Å². The van der Waals surface area contributed by atoms with Crippen LogP contribution in [0, 0.1) is 11.3 Å². The maximum absolute atomic E-state index is 10.3. The molecule has 1 aromatic heterocycles. The topological polar surface area (TPSA) is 125 Å². The van der Waals surface area contributed by atoms with Gasteiger partial charge in [-0.15, -0.1) is 0 Å². The summed E-state index contributed by atoms with van der Waals surface area (Å²) >= 11 is 0. The summed E-state index contributed by atoms with van der Waals surface area (Å²) in [6.07, 6.45) is 1.54. The average Bonchev–Trinajstić information content (AvgIpc) is 2.34. The molecule has 7 nitrogen and oxygen atoms in total. The fourth-order valence-corrected chi connectivity index (χ4v) is 3.30. The molecule has 1 fully saturated rings. The van der Waals surface area contributed by atoms with Crippen LogP contribution in [-0.2, 0) is 0 Å². The van der Waals surface area contributed by atoms with E-state index in [1.807, 2.05) is 18.7 Å². The maximum Gasteiger partial charge on any atom is 0.223 e. The minimum atomic E-state index is -0.762. The van der Waals surface area contributed by atoms with Gasteiger partial charge in [0.25, 0.3) is 0 Å². The highest BCUT2D eigenvalue weighted by atomic mass is 16.3. The highest BCUT2D eigenvalue weighted by Crippen LogP contribution is 2.41. The van der Waals surface area contributed by atoms with Crippen molar-refractivity contribution >= 4 is 23.3 Å². The Morgan fingerprint density at radius 1 is 1.40 bits per heavy atom. The number of nitrogens with zero attached hydrogens (tertiary/aromatic N) is 3. The molecule has 3 rings (SSSR count). The monoisotopic (exact) mass is 276 g/mol. The second kappa shape index (κ2) is 4.05. The van der Waals surface area contributed by atoms with Gasteiger partial charge in [-0.05, 0) is 19.8 Å². The van der Waals surface area contributed by atoms with Gasteiger partial charge in [-0.25, -0.2) is 0 Å². The van der Waals surface area contributed by atoms with Gasteiger partial charge in [0.05, 0.1) is 16.9 Å². The molecule has 0 aliphatic carbocycles. The Hall–Kier alpha value is -1.89. The fourth-order valence-electron chi connectivity index (χ4n) is 3.30. The van der Waals surface area contributed by atoms with Crippen LogP contribution in [0.25, 0.3) is 0 Å². The van der Waals surface area contributed by atoms with E-state index in [0.29, 0.717) is 23.6 Å². The van der Waals surface area contributed by atoms with Crippen LogP contribution >= 0.6 is 0 Å². The third kappa shape index (κ3) is 1.81. The van der Waals surface area contributed by atoms with Crippen molar-refractivity contribution in [3.8, 4) is 0 Å². The van der Waals surface area contributed by atoms with E-state index < -0.39 is 5.60 Å². The number of hydrogen-bond donors (Lipinski definition) is 4. The lowest BCUT2D eigenvalue weighted by Crippen LogP contribution is -2.57. The molecule has 1 saturated heterocycles. The van der Waals surface area contributed by atoms with Crippen LogP contribution in [0.4, 0.5) is 17.6 Å². The van der Waals surface area contributed by atoms with Gasteiger partial charge in [0.1, 0.15) is 11.6 Å². The molecule has 3 heterocycles. The van der Waals surface area contributed by atoms with Crippen molar-refractivity contribution in [3.05, 3.63) is 5.56 Å². The summed E-state index contributed by atoms with van der Waals surface area (Å²) in [7, 11) is 0. The van der Waals surface area contributed by atoms with Crippen molar-refractivity contribution in [2.75, 3.05) is 22.9 Å². The van der Waals surface area contributed by atoms with Gasteiger partial charge in [0.2, 0.25) is 5.95 Å². The Morgan fingerprint density at radius 2 is 2.10 bits per heavy atom. The molecular formula is C13H20N6O. The van der Waals surface area contributed by atoms with E-state index in [0.717, 1.165) is 12.8 Å². The number of nitrogens with two attached hydrogens (primary N) is 2. The standard InChI is InChI=1S/C13H20N6O/c1-6-7-3-4-13(2,20)5-19(7)11-8(9(6)14)10(15)17-12(16)18-11/h6-7,14,20H,3-5H2,1-2H3,(H4,15,16,17,18). The number of aliphatic hydroxyl groups is 1. The van der Waals surface area contributed by atoms with E-state index in [-0.39, 0.29) is 23.7 Å². The molecule has 108 valence electrons. The van der Waals surface area contributed by atoms with E-state index >= 15 is 0 Å². The molecule has 20 heavy (non-hydrogen) atoms. The zero-order valence-corrected chi connectivity index (χ0v) is 11.7. The summed E-state index contributed by atoms with van der Waals surface area (Å²) in [5.41, 5.74) is 11.9. The molecule has 3 atom stereocenters. The zero-order chi connectivity index (χ0) is 14.7.